The van der Waals surface area contributed by atoms with Crippen molar-refractivity contribution in [2.45, 2.75) is 38.6 Å². The molecule has 0 radical (unpaired) electrons. The molecule has 1 aromatic heterocycles. The lowest BCUT2D eigenvalue weighted by Gasteiger charge is -2.13. The third-order valence-electron chi connectivity index (χ3n) is 4.14. The van der Waals surface area contributed by atoms with Crippen molar-refractivity contribution in [1.29, 1.82) is 0 Å². The van der Waals surface area contributed by atoms with Gasteiger partial charge in [-0.1, -0.05) is 25.1 Å². The molecule has 5 heteroatoms. The van der Waals surface area contributed by atoms with Gasteiger partial charge in [-0.25, -0.2) is 4.68 Å². The molecule has 0 bridgehead atoms. The van der Waals surface area contributed by atoms with Gasteiger partial charge in [-0.15, -0.1) is 0 Å². The van der Waals surface area contributed by atoms with Gasteiger partial charge < -0.3 is 10.6 Å². The van der Waals surface area contributed by atoms with Crippen molar-refractivity contribution in [3.05, 3.63) is 47.8 Å². The van der Waals surface area contributed by atoms with E-state index in [1.54, 1.807) is 6.20 Å². The lowest BCUT2D eigenvalue weighted by Crippen LogP contribution is -2.39. The zero-order valence-corrected chi connectivity index (χ0v) is 13.7. The van der Waals surface area contributed by atoms with Gasteiger partial charge in [-0.05, 0) is 38.4 Å². The number of hydrogen-bond donors (Lipinski definition) is 2. The van der Waals surface area contributed by atoms with E-state index in [9.17, 15) is 4.79 Å². The summed E-state index contributed by atoms with van der Waals surface area (Å²) in [6.07, 6.45) is 3.97. The van der Waals surface area contributed by atoms with Crippen molar-refractivity contribution in [1.82, 2.24) is 20.4 Å². The number of likely N-dealkylation sites (N-methyl/N-ethyl adjacent to an activating group) is 1. The Bertz CT molecular complexity index is 661. The molecule has 1 saturated carbocycles. The molecular formula is C18H24N4O. The SMILES string of the molecule is CCN[C@H](C)CNC(=O)c1cnn(-c2ccccc2)c1C1CC1. The highest BCUT2D eigenvalue weighted by atomic mass is 16.1. The van der Waals surface area contributed by atoms with Crippen LogP contribution in [0.25, 0.3) is 5.69 Å². The van der Waals surface area contributed by atoms with E-state index in [4.69, 9.17) is 0 Å². The number of carbonyl (C=O) groups excluding carboxylic acids is 1. The van der Waals surface area contributed by atoms with Gasteiger partial charge in [0.25, 0.3) is 5.91 Å². The maximum atomic E-state index is 12.6. The van der Waals surface area contributed by atoms with Crippen LogP contribution in [-0.4, -0.2) is 34.8 Å². The van der Waals surface area contributed by atoms with Crippen molar-refractivity contribution in [2.24, 2.45) is 0 Å². The second kappa shape index (κ2) is 6.96. The molecule has 1 heterocycles. The minimum Gasteiger partial charge on any atom is -0.350 e. The molecule has 1 aliphatic rings. The fraction of sp³-hybridized carbons (Fsp3) is 0.444. The molecule has 2 aromatic rings. The zero-order valence-electron chi connectivity index (χ0n) is 13.7. The summed E-state index contributed by atoms with van der Waals surface area (Å²) in [5.41, 5.74) is 2.76. The second-order valence-corrected chi connectivity index (χ2v) is 6.13. The van der Waals surface area contributed by atoms with Crippen LogP contribution in [0, 0.1) is 0 Å². The molecule has 5 nitrogen and oxygen atoms in total. The summed E-state index contributed by atoms with van der Waals surface area (Å²) in [6.45, 7) is 5.65. The first-order valence-corrected chi connectivity index (χ1v) is 8.35. The van der Waals surface area contributed by atoms with Gasteiger partial charge in [0.05, 0.1) is 23.1 Å². The Morgan fingerprint density at radius 1 is 1.35 bits per heavy atom. The Balaban J connectivity index is 1.80. The van der Waals surface area contributed by atoms with E-state index in [0.29, 0.717) is 18.0 Å². The van der Waals surface area contributed by atoms with Crippen molar-refractivity contribution in [3.63, 3.8) is 0 Å². The number of nitrogens with one attached hydrogen (secondary N) is 2. The molecule has 2 N–H and O–H groups in total. The standard InChI is InChI=1S/C18H24N4O/c1-3-19-13(2)11-20-18(23)16-12-21-22(17(16)14-9-10-14)15-7-5-4-6-8-15/h4-8,12-14,19H,3,9-11H2,1-2H3,(H,20,23)/t13-/m1/s1. The lowest BCUT2D eigenvalue weighted by atomic mass is 10.1. The van der Waals surface area contributed by atoms with Gasteiger partial charge >= 0.3 is 0 Å². The third kappa shape index (κ3) is 3.62. The molecule has 1 fully saturated rings. The van der Waals surface area contributed by atoms with Crippen LogP contribution < -0.4 is 10.6 Å². The number of nitrogens with zero attached hydrogens (tertiary/aromatic N) is 2. The predicted molar refractivity (Wildman–Crippen MR) is 91.0 cm³/mol. The summed E-state index contributed by atoms with van der Waals surface area (Å²) in [5.74, 6) is 0.420. The highest BCUT2D eigenvalue weighted by Crippen LogP contribution is 2.42. The van der Waals surface area contributed by atoms with Crippen LogP contribution in [0.4, 0.5) is 0 Å². The first-order valence-electron chi connectivity index (χ1n) is 8.35. The first-order chi connectivity index (χ1) is 11.2. The van der Waals surface area contributed by atoms with Crippen LogP contribution in [0.15, 0.2) is 36.5 Å². The Morgan fingerprint density at radius 3 is 2.74 bits per heavy atom. The highest BCUT2D eigenvalue weighted by molar-refractivity contribution is 5.95. The predicted octanol–water partition coefficient (Wildman–Crippen LogP) is 2.48. The van der Waals surface area contributed by atoms with E-state index in [1.165, 1.54) is 0 Å². The normalized spacial score (nSPS) is 15.4. The first kappa shape index (κ1) is 15.7. The summed E-state index contributed by atoms with van der Waals surface area (Å²) in [4.78, 5) is 12.6. The minimum atomic E-state index is -0.0289. The van der Waals surface area contributed by atoms with Gasteiger partial charge in [0.2, 0.25) is 0 Å². The number of carbonyl (C=O) groups is 1. The van der Waals surface area contributed by atoms with Crippen LogP contribution in [0.1, 0.15) is 48.7 Å². The number of benzene rings is 1. The maximum absolute atomic E-state index is 12.6. The van der Waals surface area contributed by atoms with E-state index in [1.807, 2.05) is 35.0 Å². The molecule has 0 unspecified atom stereocenters. The number of aromatic nitrogens is 2. The molecule has 3 rings (SSSR count). The van der Waals surface area contributed by atoms with E-state index in [-0.39, 0.29) is 11.9 Å². The summed E-state index contributed by atoms with van der Waals surface area (Å²) in [5, 5.41) is 10.8. The fourth-order valence-electron chi connectivity index (χ4n) is 2.82. The molecule has 23 heavy (non-hydrogen) atoms. The van der Waals surface area contributed by atoms with E-state index in [2.05, 4.69) is 29.6 Å². The summed E-state index contributed by atoms with van der Waals surface area (Å²) < 4.78 is 1.92. The Morgan fingerprint density at radius 2 is 2.09 bits per heavy atom. The van der Waals surface area contributed by atoms with E-state index < -0.39 is 0 Å². The molecule has 0 aliphatic heterocycles. The Kier molecular flexibility index (Phi) is 4.76. The van der Waals surface area contributed by atoms with E-state index in [0.717, 1.165) is 30.8 Å². The minimum absolute atomic E-state index is 0.0289. The molecule has 122 valence electrons. The molecule has 0 saturated heterocycles. The summed E-state index contributed by atoms with van der Waals surface area (Å²) in [6, 6.07) is 10.3. The summed E-state index contributed by atoms with van der Waals surface area (Å²) >= 11 is 0. The Labute approximate surface area is 137 Å². The highest BCUT2D eigenvalue weighted by Gasteiger charge is 2.32. The van der Waals surface area contributed by atoms with Crippen LogP contribution in [0.2, 0.25) is 0 Å². The quantitative estimate of drug-likeness (QED) is 0.826. The summed E-state index contributed by atoms with van der Waals surface area (Å²) in [7, 11) is 0. The lowest BCUT2D eigenvalue weighted by molar-refractivity contribution is 0.0949. The van der Waals surface area contributed by atoms with E-state index >= 15 is 0 Å². The number of rotatable bonds is 7. The van der Waals surface area contributed by atoms with Crippen molar-refractivity contribution < 1.29 is 4.79 Å². The van der Waals surface area contributed by atoms with Crippen LogP contribution >= 0.6 is 0 Å². The molecule has 1 atom stereocenters. The van der Waals surface area contributed by atoms with Gasteiger partial charge in [-0.2, -0.15) is 5.10 Å². The molecule has 1 aliphatic carbocycles. The monoisotopic (exact) mass is 312 g/mol. The maximum Gasteiger partial charge on any atom is 0.254 e. The molecule has 1 amide bonds. The van der Waals surface area contributed by atoms with Crippen molar-refractivity contribution in [2.75, 3.05) is 13.1 Å². The van der Waals surface area contributed by atoms with Gasteiger partial charge in [-0.3, -0.25) is 4.79 Å². The van der Waals surface area contributed by atoms with Gasteiger partial charge in [0, 0.05) is 18.5 Å². The average molecular weight is 312 g/mol. The van der Waals surface area contributed by atoms with Gasteiger partial charge in [0.15, 0.2) is 0 Å². The smallest absolute Gasteiger partial charge is 0.254 e. The van der Waals surface area contributed by atoms with Crippen LogP contribution in [0.3, 0.4) is 0 Å². The number of para-hydroxylation sites is 1. The average Bonchev–Trinajstić information content (AvgIpc) is 3.32. The fourth-order valence-corrected chi connectivity index (χ4v) is 2.82. The number of amides is 1. The van der Waals surface area contributed by atoms with Crippen LogP contribution in [-0.2, 0) is 0 Å². The van der Waals surface area contributed by atoms with Crippen molar-refractivity contribution >= 4 is 5.91 Å². The largest absolute Gasteiger partial charge is 0.350 e. The van der Waals surface area contributed by atoms with Gasteiger partial charge in [0.1, 0.15) is 0 Å². The molecular weight excluding hydrogens is 288 g/mol. The van der Waals surface area contributed by atoms with Crippen LogP contribution in [0.5, 0.6) is 0 Å². The molecule has 0 spiro atoms. The zero-order chi connectivity index (χ0) is 16.2. The Hall–Kier alpha value is -2.14. The van der Waals surface area contributed by atoms with Crippen molar-refractivity contribution in [3.8, 4) is 5.69 Å². The third-order valence-corrected chi connectivity index (χ3v) is 4.14. The second-order valence-electron chi connectivity index (χ2n) is 6.13. The molecule has 1 aromatic carbocycles. The topological polar surface area (TPSA) is 58.9 Å². The number of hydrogen-bond acceptors (Lipinski definition) is 3.